The van der Waals surface area contributed by atoms with E-state index in [4.69, 9.17) is 16.3 Å². The monoisotopic (exact) mass is 304 g/mol. The molecular formula is C16H17ClN2O2. The first-order valence-electron chi connectivity index (χ1n) is 6.57. The minimum absolute atomic E-state index is 0.0872. The van der Waals surface area contributed by atoms with Gasteiger partial charge in [0.25, 0.3) is 0 Å². The summed E-state index contributed by atoms with van der Waals surface area (Å²) in [5, 5.41) is 6.58. The zero-order valence-electron chi connectivity index (χ0n) is 11.7. The molecule has 2 N–H and O–H groups in total. The lowest BCUT2D eigenvalue weighted by atomic mass is 10.2. The third-order valence-electron chi connectivity index (χ3n) is 2.95. The van der Waals surface area contributed by atoms with Crippen molar-refractivity contribution in [2.75, 3.05) is 19.0 Å². The van der Waals surface area contributed by atoms with Crippen molar-refractivity contribution in [1.82, 2.24) is 5.32 Å². The first kappa shape index (κ1) is 15.2. The van der Waals surface area contributed by atoms with E-state index in [0.29, 0.717) is 17.3 Å². The summed E-state index contributed by atoms with van der Waals surface area (Å²) in [5.74, 6) is 0.624. The van der Waals surface area contributed by atoms with Gasteiger partial charge in [0.2, 0.25) is 5.91 Å². The van der Waals surface area contributed by atoms with Gasteiger partial charge in [0.05, 0.1) is 19.3 Å². The maximum atomic E-state index is 11.8. The van der Waals surface area contributed by atoms with Gasteiger partial charge < -0.3 is 15.4 Å². The summed E-state index contributed by atoms with van der Waals surface area (Å²) < 4.78 is 5.21. The maximum absolute atomic E-state index is 11.8. The minimum atomic E-state index is -0.0872. The maximum Gasteiger partial charge on any atom is 0.239 e. The van der Waals surface area contributed by atoms with E-state index in [-0.39, 0.29) is 12.5 Å². The molecule has 0 aliphatic rings. The van der Waals surface area contributed by atoms with E-state index in [2.05, 4.69) is 10.6 Å². The Morgan fingerprint density at radius 3 is 2.57 bits per heavy atom. The number of benzene rings is 2. The van der Waals surface area contributed by atoms with Gasteiger partial charge in [0.15, 0.2) is 0 Å². The van der Waals surface area contributed by atoms with E-state index in [0.717, 1.165) is 11.3 Å². The van der Waals surface area contributed by atoms with Crippen molar-refractivity contribution in [3.63, 3.8) is 0 Å². The van der Waals surface area contributed by atoms with E-state index < -0.39 is 0 Å². The molecule has 0 fully saturated rings. The van der Waals surface area contributed by atoms with Crippen LogP contribution in [0.15, 0.2) is 48.5 Å². The Kier molecular flexibility index (Phi) is 5.46. The minimum Gasteiger partial charge on any atom is -0.495 e. The lowest BCUT2D eigenvalue weighted by Crippen LogP contribution is -2.29. The van der Waals surface area contributed by atoms with Crippen LogP contribution in [0.1, 0.15) is 5.56 Å². The van der Waals surface area contributed by atoms with Crippen molar-refractivity contribution in [2.24, 2.45) is 0 Å². The predicted molar refractivity (Wildman–Crippen MR) is 84.8 cm³/mol. The van der Waals surface area contributed by atoms with Crippen LogP contribution in [0.2, 0.25) is 5.02 Å². The van der Waals surface area contributed by atoms with E-state index in [1.54, 1.807) is 19.2 Å². The number of rotatable bonds is 6. The standard InChI is InChI=1S/C16H17ClN2O2/c1-21-15-5-3-2-4-14(15)18-11-16(20)19-10-12-6-8-13(17)9-7-12/h2-9,18H,10-11H2,1H3,(H,19,20). The van der Waals surface area contributed by atoms with Crippen LogP contribution in [-0.2, 0) is 11.3 Å². The molecule has 2 aromatic rings. The molecule has 0 unspecified atom stereocenters. The summed E-state index contributed by atoms with van der Waals surface area (Å²) in [6, 6.07) is 14.8. The second-order valence-corrected chi connectivity index (χ2v) is 4.89. The molecule has 4 nitrogen and oxygen atoms in total. The zero-order chi connectivity index (χ0) is 15.1. The van der Waals surface area contributed by atoms with Crippen molar-refractivity contribution >= 4 is 23.2 Å². The van der Waals surface area contributed by atoms with Crippen LogP contribution < -0.4 is 15.4 Å². The molecule has 0 spiro atoms. The third-order valence-corrected chi connectivity index (χ3v) is 3.20. The molecule has 1 amide bonds. The first-order chi connectivity index (χ1) is 10.2. The Hall–Kier alpha value is -2.20. The first-order valence-corrected chi connectivity index (χ1v) is 6.95. The number of nitrogens with one attached hydrogen (secondary N) is 2. The smallest absolute Gasteiger partial charge is 0.239 e. The highest BCUT2D eigenvalue weighted by molar-refractivity contribution is 6.30. The topological polar surface area (TPSA) is 50.4 Å². The number of hydrogen-bond acceptors (Lipinski definition) is 3. The quantitative estimate of drug-likeness (QED) is 0.862. The van der Waals surface area contributed by atoms with Crippen LogP contribution >= 0.6 is 11.6 Å². The van der Waals surface area contributed by atoms with Crippen LogP contribution in [0.25, 0.3) is 0 Å². The molecule has 0 bridgehead atoms. The van der Waals surface area contributed by atoms with Crippen LogP contribution in [-0.4, -0.2) is 19.6 Å². The van der Waals surface area contributed by atoms with Gasteiger partial charge in [-0.2, -0.15) is 0 Å². The zero-order valence-corrected chi connectivity index (χ0v) is 12.5. The summed E-state index contributed by atoms with van der Waals surface area (Å²) in [5.41, 5.74) is 1.80. The van der Waals surface area contributed by atoms with Crippen LogP contribution in [0.3, 0.4) is 0 Å². The number of carbonyl (C=O) groups is 1. The van der Waals surface area contributed by atoms with E-state index in [9.17, 15) is 4.79 Å². The fraction of sp³-hybridized carbons (Fsp3) is 0.188. The number of ether oxygens (including phenoxy) is 1. The molecule has 0 aliphatic carbocycles. The van der Waals surface area contributed by atoms with E-state index in [1.165, 1.54) is 0 Å². The Labute approximate surface area is 129 Å². The molecule has 2 rings (SSSR count). The van der Waals surface area contributed by atoms with E-state index >= 15 is 0 Å². The number of hydrogen-bond donors (Lipinski definition) is 2. The molecular weight excluding hydrogens is 288 g/mol. The number of carbonyl (C=O) groups excluding carboxylic acids is 1. The number of halogens is 1. The Bertz CT molecular complexity index is 599. The van der Waals surface area contributed by atoms with Crippen LogP contribution in [0.5, 0.6) is 5.75 Å². The number of amides is 1. The number of para-hydroxylation sites is 2. The SMILES string of the molecule is COc1ccccc1NCC(=O)NCc1ccc(Cl)cc1. The molecule has 21 heavy (non-hydrogen) atoms. The van der Waals surface area contributed by atoms with Crippen molar-refractivity contribution in [3.05, 3.63) is 59.1 Å². The van der Waals surface area contributed by atoms with Gasteiger partial charge in [-0.3, -0.25) is 4.79 Å². The lowest BCUT2D eigenvalue weighted by molar-refractivity contribution is -0.119. The number of anilines is 1. The molecule has 0 heterocycles. The van der Waals surface area contributed by atoms with Gasteiger partial charge >= 0.3 is 0 Å². The fourth-order valence-electron chi connectivity index (χ4n) is 1.83. The highest BCUT2D eigenvalue weighted by Gasteiger charge is 2.04. The van der Waals surface area contributed by atoms with Crippen molar-refractivity contribution in [2.45, 2.75) is 6.54 Å². The largest absolute Gasteiger partial charge is 0.495 e. The van der Waals surface area contributed by atoms with Crippen LogP contribution in [0.4, 0.5) is 5.69 Å². The Morgan fingerprint density at radius 1 is 1.14 bits per heavy atom. The third kappa shape index (κ3) is 4.68. The summed E-state index contributed by atoms with van der Waals surface area (Å²) in [4.78, 5) is 11.8. The Morgan fingerprint density at radius 2 is 1.86 bits per heavy atom. The Balaban J connectivity index is 1.81. The highest BCUT2D eigenvalue weighted by atomic mass is 35.5. The average Bonchev–Trinajstić information content (AvgIpc) is 2.52. The van der Waals surface area contributed by atoms with Gasteiger partial charge in [0, 0.05) is 11.6 Å². The highest BCUT2D eigenvalue weighted by Crippen LogP contribution is 2.22. The molecule has 5 heteroatoms. The van der Waals surface area contributed by atoms with Gasteiger partial charge in [-0.1, -0.05) is 35.9 Å². The second-order valence-electron chi connectivity index (χ2n) is 4.46. The molecule has 110 valence electrons. The van der Waals surface area contributed by atoms with Crippen molar-refractivity contribution in [3.8, 4) is 5.75 Å². The van der Waals surface area contributed by atoms with Gasteiger partial charge in [-0.25, -0.2) is 0 Å². The summed E-state index contributed by atoms with van der Waals surface area (Å²) in [6.07, 6.45) is 0. The number of methoxy groups -OCH3 is 1. The summed E-state index contributed by atoms with van der Waals surface area (Å²) in [6.45, 7) is 0.664. The molecule has 2 aromatic carbocycles. The molecule has 0 saturated carbocycles. The summed E-state index contributed by atoms with van der Waals surface area (Å²) >= 11 is 5.81. The summed E-state index contributed by atoms with van der Waals surface area (Å²) in [7, 11) is 1.60. The van der Waals surface area contributed by atoms with E-state index in [1.807, 2.05) is 36.4 Å². The molecule has 0 radical (unpaired) electrons. The molecule has 0 saturated heterocycles. The van der Waals surface area contributed by atoms with Gasteiger partial charge in [0.1, 0.15) is 5.75 Å². The van der Waals surface area contributed by atoms with Crippen molar-refractivity contribution in [1.29, 1.82) is 0 Å². The normalized spacial score (nSPS) is 10.0. The molecule has 0 aliphatic heterocycles. The van der Waals surface area contributed by atoms with Gasteiger partial charge in [-0.15, -0.1) is 0 Å². The fourth-order valence-corrected chi connectivity index (χ4v) is 1.96. The van der Waals surface area contributed by atoms with Crippen molar-refractivity contribution < 1.29 is 9.53 Å². The lowest BCUT2D eigenvalue weighted by Gasteiger charge is -2.11. The van der Waals surface area contributed by atoms with Crippen LogP contribution in [0, 0.1) is 0 Å². The second kappa shape index (κ2) is 7.55. The predicted octanol–water partition coefficient (Wildman–Crippen LogP) is 3.08. The molecule has 0 atom stereocenters. The molecule has 0 aromatic heterocycles. The average molecular weight is 305 g/mol. The van der Waals surface area contributed by atoms with Gasteiger partial charge in [-0.05, 0) is 29.8 Å².